The number of alkyl halides is 1. The van der Waals surface area contributed by atoms with E-state index < -0.39 is 0 Å². The summed E-state index contributed by atoms with van der Waals surface area (Å²) in [6.07, 6.45) is 4.29. The summed E-state index contributed by atoms with van der Waals surface area (Å²) < 4.78 is 0.747. The molecule has 1 aliphatic heterocycles. The summed E-state index contributed by atoms with van der Waals surface area (Å²) in [4.78, 5) is 14.5. The van der Waals surface area contributed by atoms with Gasteiger partial charge in [-0.1, -0.05) is 30.5 Å². The first kappa shape index (κ1) is 15.1. The quantitative estimate of drug-likeness (QED) is 0.695. The third-order valence-electron chi connectivity index (χ3n) is 3.50. The van der Waals surface area contributed by atoms with Crippen LogP contribution in [0.15, 0.2) is 22.7 Å². The van der Waals surface area contributed by atoms with Gasteiger partial charge in [-0.2, -0.15) is 0 Å². The maximum Gasteiger partial charge on any atom is 0.255 e. The fraction of sp³-hybridized carbons (Fsp3) is 0.500. The smallest absolute Gasteiger partial charge is 0.255 e. The zero-order valence-corrected chi connectivity index (χ0v) is 13.6. The van der Waals surface area contributed by atoms with E-state index in [0.717, 1.165) is 36.7 Å². The highest BCUT2D eigenvalue weighted by atomic mass is 79.9. The highest BCUT2D eigenvalue weighted by Crippen LogP contribution is 2.29. The monoisotopic (exact) mass is 363 g/mol. The van der Waals surface area contributed by atoms with Crippen LogP contribution < -0.4 is 0 Å². The summed E-state index contributed by atoms with van der Waals surface area (Å²) in [6.45, 7) is 0.763. The molecule has 1 atom stereocenters. The Morgan fingerprint density at radius 2 is 2.16 bits per heavy atom. The van der Waals surface area contributed by atoms with Crippen LogP contribution in [0, 0.1) is 0 Å². The third-order valence-corrected chi connectivity index (χ3v) is 5.15. The van der Waals surface area contributed by atoms with E-state index in [2.05, 4.69) is 15.9 Å². The van der Waals surface area contributed by atoms with E-state index >= 15 is 0 Å². The van der Waals surface area contributed by atoms with E-state index in [1.807, 2.05) is 17.0 Å². The van der Waals surface area contributed by atoms with Gasteiger partial charge in [-0.05, 0) is 40.9 Å². The van der Waals surface area contributed by atoms with Crippen molar-refractivity contribution in [3.05, 3.63) is 33.3 Å². The van der Waals surface area contributed by atoms with Gasteiger partial charge in [0.2, 0.25) is 0 Å². The van der Waals surface area contributed by atoms with Crippen molar-refractivity contribution in [2.75, 3.05) is 12.4 Å². The average molecular weight is 365 g/mol. The molecule has 104 valence electrons. The van der Waals surface area contributed by atoms with Gasteiger partial charge in [0.1, 0.15) is 0 Å². The molecular formula is C14H16BrCl2NO. The fourth-order valence-electron chi connectivity index (χ4n) is 2.43. The minimum absolute atomic E-state index is 0.0150. The van der Waals surface area contributed by atoms with E-state index in [0.29, 0.717) is 16.5 Å². The van der Waals surface area contributed by atoms with Gasteiger partial charge in [-0.25, -0.2) is 0 Å². The molecule has 1 fully saturated rings. The fourth-order valence-corrected chi connectivity index (χ4v) is 3.32. The molecule has 0 bridgehead atoms. The standard InChI is InChI=1S/C14H16BrCl2NO/c15-12-7-4-6-11(13(12)17)14(19)18-8-3-1-2-5-10(18)9-16/h4,6-7,10H,1-3,5,8-9H2. The van der Waals surface area contributed by atoms with Crippen molar-refractivity contribution in [1.82, 2.24) is 4.90 Å². The number of rotatable bonds is 2. The first-order chi connectivity index (χ1) is 9.15. The van der Waals surface area contributed by atoms with Crippen LogP contribution in [0.3, 0.4) is 0 Å². The lowest BCUT2D eigenvalue weighted by Crippen LogP contribution is -2.41. The van der Waals surface area contributed by atoms with E-state index in [4.69, 9.17) is 23.2 Å². The Morgan fingerprint density at radius 3 is 2.89 bits per heavy atom. The van der Waals surface area contributed by atoms with Crippen LogP contribution in [0.4, 0.5) is 0 Å². The number of benzene rings is 1. The summed E-state index contributed by atoms with van der Waals surface area (Å²) in [5.41, 5.74) is 0.549. The Labute approximate surface area is 132 Å². The predicted molar refractivity (Wildman–Crippen MR) is 83.2 cm³/mol. The second kappa shape index (κ2) is 6.96. The molecule has 1 saturated heterocycles. The molecule has 0 aromatic heterocycles. The number of hydrogen-bond acceptors (Lipinski definition) is 1. The van der Waals surface area contributed by atoms with Gasteiger partial charge in [-0.15, -0.1) is 11.6 Å². The molecule has 0 N–H and O–H groups in total. The molecule has 1 aromatic rings. The predicted octanol–water partition coefficient (Wildman–Crippen LogP) is 4.73. The molecule has 0 aliphatic carbocycles. The molecule has 0 saturated carbocycles. The van der Waals surface area contributed by atoms with E-state index in [9.17, 15) is 4.79 Å². The van der Waals surface area contributed by atoms with Crippen LogP contribution in [0.5, 0.6) is 0 Å². The number of hydrogen-bond donors (Lipinski definition) is 0. The molecule has 19 heavy (non-hydrogen) atoms. The maximum atomic E-state index is 12.7. The van der Waals surface area contributed by atoms with Crippen LogP contribution in [0.1, 0.15) is 36.0 Å². The van der Waals surface area contributed by atoms with E-state index in [-0.39, 0.29) is 11.9 Å². The van der Waals surface area contributed by atoms with Gasteiger partial charge >= 0.3 is 0 Å². The zero-order chi connectivity index (χ0) is 13.8. The van der Waals surface area contributed by atoms with Gasteiger partial charge in [0.25, 0.3) is 5.91 Å². The molecule has 0 radical (unpaired) electrons. The van der Waals surface area contributed by atoms with Crippen molar-refractivity contribution in [3.8, 4) is 0 Å². The van der Waals surface area contributed by atoms with Crippen molar-refractivity contribution < 1.29 is 4.79 Å². The number of halogens is 3. The van der Waals surface area contributed by atoms with Crippen LogP contribution in [-0.4, -0.2) is 29.3 Å². The first-order valence-corrected chi connectivity index (χ1v) is 8.16. The van der Waals surface area contributed by atoms with Gasteiger partial charge in [-0.3, -0.25) is 4.79 Å². The van der Waals surface area contributed by atoms with Crippen LogP contribution >= 0.6 is 39.1 Å². The Bertz CT molecular complexity index is 467. The maximum absolute atomic E-state index is 12.7. The zero-order valence-electron chi connectivity index (χ0n) is 10.5. The molecule has 2 nitrogen and oxygen atoms in total. The first-order valence-electron chi connectivity index (χ1n) is 6.46. The Kier molecular flexibility index (Phi) is 5.55. The molecule has 5 heteroatoms. The van der Waals surface area contributed by atoms with Crippen molar-refractivity contribution in [1.29, 1.82) is 0 Å². The highest BCUT2D eigenvalue weighted by Gasteiger charge is 2.27. The van der Waals surface area contributed by atoms with Crippen LogP contribution in [0.2, 0.25) is 5.02 Å². The molecule has 1 aliphatic rings. The minimum Gasteiger partial charge on any atom is -0.334 e. The highest BCUT2D eigenvalue weighted by molar-refractivity contribution is 9.10. The second-order valence-electron chi connectivity index (χ2n) is 4.76. The van der Waals surface area contributed by atoms with Gasteiger partial charge in [0, 0.05) is 22.9 Å². The second-order valence-corrected chi connectivity index (χ2v) is 6.30. The van der Waals surface area contributed by atoms with Gasteiger partial charge < -0.3 is 4.90 Å². The number of carbonyl (C=O) groups is 1. The Hall–Kier alpha value is -0.250. The molecular weight excluding hydrogens is 349 g/mol. The Morgan fingerprint density at radius 1 is 1.37 bits per heavy atom. The lowest BCUT2D eigenvalue weighted by molar-refractivity contribution is 0.0700. The number of nitrogens with zero attached hydrogens (tertiary/aromatic N) is 1. The normalized spacial score (nSPS) is 20.2. The number of likely N-dealkylation sites (tertiary alicyclic amines) is 1. The lowest BCUT2D eigenvalue weighted by Gasteiger charge is -2.29. The Balaban J connectivity index is 2.28. The molecule has 1 unspecified atom stereocenters. The topological polar surface area (TPSA) is 20.3 Å². The largest absolute Gasteiger partial charge is 0.334 e. The molecule has 1 amide bonds. The van der Waals surface area contributed by atoms with Crippen molar-refractivity contribution in [2.24, 2.45) is 0 Å². The van der Waals surface area contributed by atoms with Crippen molar-refractivity contribution >= 4 is 45.0 Å². The van der Waals surface area contributed by atoms with E-state index in [1.54, 1.807) is 6.07 Å². The van der Waals surface area contributed by atoms with Crippen molar-refractivity contribution in [2.45, 2.75) is 31.7 Å². The number of carbonyl (C=O) groups excluding carboxylic acids is 1. The van der Waals surface area contributed by atoms with Crippen LogP contribution in [0.25, 0.3) is 0 Å². The summed E-state index contributed by atoms with van der Waals surface area (Å²) in [7, 11) is 0. The van der Waals surface area contributed by atoms with Gasteiger partial charge in [0.05, 0.1) is 10.6 Å². The third kappa shape index (κ3) is 3.45. The molecule has 1 aromatic carbocycles. The lowest BCUT2D eigenvalue weighted by atomic mass is 10.1. The van der Waals surface area contributed by atoms with Gasteiger partial charge in [0.15, 0.2) is 0 Å². The van der Waals surface area contributed by atoms with E-state index in [1.165, 1.54) is 0 Å². The van der Waals surface area contributed by atoms with Crippen molar-refractivity contribution in [3.63, 3.8) is 0 Å². The molecule has 1 heterocycles. The SMILES string of the molecule is O=C(c1cccc(Br)c1Cl)N1CCCCCC1CCl. The molecule has 0 spiro atoms. The summed E-state index contributed by atoms with van der Waals surface area (Å²) >= 11 is 15.6. The minimum atomic E-state index is -0.0150. The summed E-state index contributed by atoms with van der Waals surface area (Å²) in [5, 5.41) is 0.477. The summed E-state index contributed by atoms with van der Waals surface area (Å²) in [6, 6.07) is 5.55. The van der Waals surface area contributed by atoms with Crippen LogP contribution in [-0.2, 0) is 0 Å². The number of amides is 1. The summed E-state index contributed by atoms with van der Waals surface area (Å²) in [5.74, 6) is 0.469. The average Bonchev–Trinajstić information content (AvgIpc) is 2.66. The molecule has 2 rings (SSSR count).